The third-order valence-electron chi connectivity index (χ3n) is 7.79. The van der Waals surface area contributed by atoms with Crippen molar-refractivity contribution in [1.82, 2.24) is 0 Å². The second-order valence-electron chi connectivity index (χ2n) is 10.3. The SMILES string of the molecule is O=C1c2c(O)cc(O)cc2O[C@@](c2ccc(O)c(O)c2)([C@]2(c3ccc(O)c(O)c3)Oc3cc(O)cc(O)c3C(=O)[C@@H]2O)[C@H]1O. The number of benzene rings is 4. The normalized spacial score (nSPS) is 24.1. The van der Waals surface area contributed by atoms with Crippen LogP contribution in [0.25, 0.3) is 0 Å². The highest BCUT2D eigenvalue weighted by Gasteiger charge is 2.72. The van der Waals surface area contributed by atoms with E-state index in [1.807, 2.05) is 0 Å². The number of phenolic OH excluding ortho intramolecular Hbond substituents is 8. The lowest BCUT2D eigenvalue weighted by Crippen LogP contribution is -2.72. The first-order valence-corrected chi connectivity index (χ1v) is 12.7. The summed E-state index contributed by atoms with van der Waals surface area (Å²) in [5, 5.41) is 106. The highest BCUT2D eigenvalue weighted by molar-refractivity contribution is 6.08. The molecule has 6 rings (SSSR count). The molecule has 2 heterocycles. The average molecular weight is 606 g/mol. The van der Waals surface area contributed by atoms with E-state index in [1.54, 1.807) is 0 Å². The van der Waals surface area contributed by atoms with Gasteiger partial charge in [0, 0.05) is 35.4 Å². The second-order valence-corrected chi connectivity index (χ2v) is 10.3. The molecule has 0 spiro atoms. The van der Waals surface area contributed by atoms with Gasteiger partial charge in [-0.2, -0.15) is 0 Å². The van der Waals surface area contributed by atoms with Gasteiger partial charge in [-0.3, -0.25) is 9.59 Å². The van der Waals surface area contributed by atoms with Gasteiger partial charge in [0.2, 0.25) is 22.8 Å². The number of fused-ring (bicyclic) bond motifs is 2. The maximum absolute atomic E-state index is 13.9. The van der Waals surface area contributed by atoms with Gasteiger partial charge in [-0.05, 0) is 24.3 Å². The Labute approximate surface area is 245 Å². The number of aliphatic hydroxyl groups excluding tert-OH is 2. The second kappa shape index (κ2) is 9.32. The van der Waals surface area contributed by atoms with Gasteiger partial charge in [0.1, 0.15) is 45.6 Å². The molecule has 14 nitrogen and oxygen atoms in total. The molecule has 14 heteroatoms. The van der Waals surface area contributed by atoms with Gasteiger partial charge >= 0.3 is 0 Å². The van der Waals surface area contributed by atoms with Crippen molar-refractivity contribution in [3.63, 3.8) is 0 Å². The molecule has 0 saturated carbocycles. The fourth-order valence-electron chi connectivity index (χ4n) is 5.86. The molecule has 0 radical (unpaired) electrons. The van der Waals surface area contributed by atoms with Gasteiger partial charge < -0.3 is 60.5 Å². The van der Waals surface area contributed by atoms with Crippen LogP contribution in [0, 0.1) is 0 Å². The fraction of sp³-hybridized carbons (Fsp3) is 0.133. The van der Waals surface area contributed by atoms with Crippen LogP contribution in [0.2, 0.25) is 0 Å². The highest BCUT2D eigenvalue weighted by Crippen LogP contribution is 2.59. The van der Waals surface area contributed by atoms with Crippen molar-refractivity contribution in [2.45, 2.75) is 23.4 Å². The molecule has 0 amide bonds. The number of aromatic hydroxyl groups is 8. The fourth-order valence-corrected chi connectivity index (χ4v) is 5.86. The van der Waals surface area contributed by atoms with Crippen LogP contribution in [0.1, 0.15) is 31.8 Å². The zero-order valence-electron chi connectivity index (χ0n) is 22.0. The van der Waals surface area contributed by atoms with Gasteiger partial charge in [0.05, 0.1) is 0 Å². The van der Waals surface area contributed by atoms with Gasteiger partial charge in [-0.15, -0.1) is 0 Å². The number of hydrogen-bond acceptors (Lipinski definition) is 14. The van der Waals surface area contributed by atoms with E-state index in [4.69, 9.17) is 9.47 Å². The summed E-state index contributed by atoms with van der Waals surface area (Å²) in [5.41, 5.74) is -7.97. The molecule has 10 N–H and O–H groups in total. The van der Waals surface area contributed by atoms with E-state index >= 15 is 0 Å². The Bertz CT molecular complexity index is 1760. The molecule has 0 aromatic heterocycles. The molecule has 0 aliphatic carbocycles. The van der Waals surface area contributed by atoms with Crippen molar-refractivity contribution >= 4 is 11.6 Å². The Morgan fingerprint density at radius 3 is 1.18 bits per heavy atom. The zero-order chi connectivity index (χ0) is 31.9. The van der Waals surface area contributed by atoms with Crippen LogP contribution in [0.15, 0.2) is 60.7 Å². The molecule has 0 bridgehead atoms. The lowest BCUT2D eigenvalue weighted by atomic mass is 9.62. The van der Waals surface area contributed by atoms with Crippen molar-refractivity contribution in [1.29, 1.82) is 0 Å². The summed E-state index contributed by atoms with van der Waals surface area (Å²) >= 11 is 0. The first-order chi connectivity index (χ1) is 20.7. The molecular formula is C30H22O14. The lowest BCUT2D eigenvalue weighted by molar-refractivity contribution is -0.213. The lowest BCUT2D eigenvalue weighted by Gasteiger charge is -2.55. The number of hydrogen-bond donors (Lipinski definition) is 10. The van der Waals surface area contributed by atoms with Crippen molar-refractivity contribution in [3.05, 3.63) is 82.9 Å². The standard InChI is InChI=1S/C30H22O14/c31-13-7-19(37)23-21(9-13)43-29(27(41)25(23)39,11-1-3-15(33)17(35)5-11)30(12-2-4-16(34)18(36)6-12)28(42)26(40)24-20(38)8-14(32)10-22(24)44-30/h1-10,27-28,31-38,41-42H/t27-,28-,29+,30+/m0/s1. The zero-order valence-corrected chi connectivity index (χ0v) is 22.0. The molecule has 4 aromatic carbocycles. The van der Waals surface area contributed by atoms with Crippen LogP contribution < -0.4 is 9.47 Å². The Kier molecular flexibility index (Phi) is 5.99. The van der Waals surface area contributed by atoms with E-state index in [-0.39, 0.29) is 0 Å². The van der Waals surface area contributed by atoms with E-state index in [0.29, 0.717) is 0 Å². The summed E-state index contributed by atoms with van der Waals surface area (Å²) in [4.78, 5) is 27.8. The summed E-state index contributed by atoms with van der Waals surface area (Å²) < 4.78 is 12.4. The number of phenols is 8. The summed E-state index contributed by atoms with van der Waals surface area (Å²) in [6.45, 7) is 0. The van der Waals surface area contributed by atoms with Gasteiger partial charge in [0.15, 0.2) is 35.2 Å². The first-order valence-electron chi connectivity index (χ1n) is 12.7. The summed E-state index contributed by atoms with van der Waals surface area (Å²) in [7, 11) is 0. The first kappa shape index (κ1) is 28.3. The number of rotatable bonds is 3. The molecule has 4 aromatic rings. The summed E-state index contributed by atoms with van der Waals surface area (Å²) in [6.07, 6.45) is -5.11. The number of ether oxygens (including phenoxy) is 2. The highest BCUT2D eigenvalue weighted by atomic mass is 16.6. The monoisotopic (exact) mass is 606 g/mol. The van der Waals surface area contributed by atoms with E-state index in [0.717, 1.165) is 60.7 Å². The largest absolute Gasteiger partial charge is 0.508 e. The van der Waals surface area contributed by atoms with Gasteiger partial charge in [-0.25, -0.2) is 0 Å². The molecular weight excluding hydrogens is 584 g/mol. The molecule has 4 atom stereocenters. The third kappa shape index (κ3) is 3.61. The number of Topliss-reactive ketones (excluding diaryl/α,β-unsaturated/α-hetero) is 2. The van der Waals surface area contributed by atoms with Gasteiger partial charge in [0.25, 0.3) is 0 Å². The molecule has 44 heavy (non-hydrogen) atoms. The Balaban J connectivity index is 1.81. The quantitative estimate of drug-likeness (QED) is 0.149. The van der Waals surface area contributed by atoms with Crippen molar-refractivity contribution in [3.8, 4) is 57.5 Å². The summed E-state index contributed by atoms with van der Waals surface area (Å²) in [6, 6.07) is 8.88. The average Bonchev–Trinajstić information content (AvgIpc) is 2.95. The van der Waals surface area contributed by atoms with E-state index in [1.165, 1.54) is 0 Å². The number of carbonyl (C=O) groups excluding carboxylic acids is 2. The minimum Gasteiger partial charge on any atom is -0.508 e. The van der Waals surface area contributed by atoms with Crippen LogP contribution in [-0.4, -0.2) is 74.8 Å². The topological polar surface area (TPSA) is 255 Å². The van der Waals surface area contributed by atoms with Crippen molar-refractivity contribution in [2.75, 3.05) is 0 Å². The van der Waals surface area contributed by atoms with E-state index in [9.17, 15) is 60.7 Å². The molecule has 226 valence electrons. The molecule has 2 aliphatic rings. The number of carbonyl (C=O) groups is 2. The van der Waals surface area contributed by atoms with Crippen molar-refractivity contribution < 1.29 is 70.1 Å². The minimum atomic E-state index is -2.93. The Morgan fingerprint density at radius 1 is 0.477 bits per heavy atom. The number of ketones is 2. The van der Waals surface area contributed by atoms with Gasteiger partial charge in [-0.1, -0.05) is 12.1 Å². The maximum Gasteiger partial charge on any atom is 0.214 e. The predicted octanol–water partition coefficient (Wildman–Crippen LogP) is 1.69. The molecule has 2 aliphatic heterocycles. The predicted molar refractivity (Wildman–Crippen MR) is 144 cm³/mol. The summed E-state index contributed by atoms with van der Waals surface area (Å²) in [5.74, 6) is -9.64. The smallest absolute Gasteiger partial charge is 0.214 e. The van der Waals surface area contributed by atoms with Crippen LogP contribution in [0.3, 0.4) is 0 Å². The Morgan fingerprint density at radius 2 is 0.841 bits per heavy atom. The minimum absolute atomic E-state index is 0.436. The van der Waals surface area contributed by atoms with Crippen LogP contribution in [0.4, 0.5) is 0 Å². The third-order valence-corrected chi connectivity index (χ3v) is 7.79. The number of aliphatic hydroxyl groups is 2. The van der Waals surface area contributed by atoms with Crippen LogP contribution in [0.5, 0.6) is 57.5 Å². The van der Waals surface area contributed by atoms with Crippen LogP contribution in [-0.2, 0) is 11.2 Å². The molecule has 0 unspecified atom stereocenters. The van der Waals surface area contributed by atoms with Crippen LogP contribution >= 0.6 is 0 Å². The maximum atomic E-state index is 13.9. The molecule has 0 saturated heterocycles. The van der Waals surface area contributed by atoms with Crippen molar-refractivity contribution in [2.24, 2.45) is 0 Å². The van der Waals surface area contributed by atoms with E-state index in [2.05, 4.69) is 0 Å². The molecule has 0 fully saturated rings. The van der Waals surface area contributed by atoms with E-state index < -0.39 is 115 Å². The Hall–Kier alpha value is -5.86.